The molecule has 4 rings (SSSR count). The van der Waals surface area contributed by atoms with Gasteiger partial charge in [-0.15, -0.1) is 16.8 Å². The van der Waals surface area contributed by atoms with Crippen molar-refractivity contribution < 1.29 is 4.79 Å². The number of hydrogen-bond donors (Lipinski definition) is 1. The van der Waals surface area contributed by atoms with E-state index in [0.717, 1.165) is 38.0 Å². The number of fused-ring (bicyclic) bond motifs is 3. The average molecular weight is 455 g/mol. The van der Waals surface area contributed by atoms with Crippen LogP contribution in [0.15, 0.2) is 46.9 Å². The highest BCUT2D eigenvalue weighted by Crippen LogP contribution is 2.21. The van der Waals surface area contributed by atoms with Gasteiger partial charge in [-0.05, 0) is 37.9 Å². The molecule has 0 spiro atoms. The molecule has 2 aromatic heterocycles. The lowest BCUT2D eigenvalue weighted by molar-refractivity contribution is -0.119. The van der Waals surface area contributed by atoms with E-state index < -0.39 is 0 Å². The zero-order chi connectivity index (χ0) is 22.5. The number of hydrogen-bond acceptors (Lipinski definition) is 6. The molecule has 1 aliphatic heterocycles. The maximum absolute atomic E-state index is 12.9. The number of rotatable bonds is 9. The Bertz CT molecular complexity index is 1160. The van der Waals surface area contributed by atoms with E-state index in [0.29, 0.717) is 22.9 Å². The van der Waals surface area contributed by atoms with E-state index in [4.69, 9.17) is 0 Å². The van der Waals surface area contributed by atoms with E-state index in [-0.39, 0.29) is 23.3 Å². The van der Waals surface area contributed by atoms with E-state index in [1.54, 1.807) is 16.7 Å². The van der Waals surface area contributed by atoms with Gasteiger partial charge in [0, 0.05) is 25.7 Å². The van der Waals surface area contributed by atoms with Crippen molar-refractivity contribution in [3.05, 3.63) is 47.3 Å². The molecule has 9 heteroatoms. The first-order valence-electron chi connectivity index (χ1n) is 11.2. The van der Waals surface area contributed by atoms with Crippen LogP contribution in [0.2, 0.25) is 0 Å². The SMILES string of the molecule is C=CCn1c(=O)c2ccccc2n2c(SCC(=O)NC3CCN(CCCC)CC3)nnc12. The number of benzene rings is 1. The number of para-hydroxylation sites is 1. The van der Waals surface area contributed by atoms with E-state index >= 15 is 0 Å². The van der Waals surface area contributed by atoms with E-state index in [2.05, 4.69) is 33.9 Å². The second-order valence-corrected chi connectivity index (χ2v) is 9.11. The molecule has 1 saturated heterocycles. The van der Waals surface area contributed by atoms with Crippen molar-refractivity contribution in [2.45, 2.75) is 50.4 Å². The number of piperidine rings is 1. The van der Waals surface area contributed by atoms with Crippen molar-refractivity contribution in [3.8, 4) is 0 Å². The number of likely N-dealkylation sites (tertiary alicyclic amines) is 1. The van der Waals surface area contributed by atoms with Gasteiger partial charge < -0.3 is 10.2 Å². The van der Waals surface area contributed by atoms with Gasteiger partial charge in [0.2, 0.25) is 11.7 Å². The van der Waals surface area contributed by atoms with Crippen LogP contribution >= 0.6 is 11.8 Å². The Morgan fingerprint density at radius 2 is 2.06 bits per heavy atom. The molecular formula is C23H30N6O2S. The van der Waals surface area contributed by atoms with Gasteiger partial charge in [0.1, 0.15) is 0 Å². The van der Waals surface area contributed by atoms with Gasteiger partial charge in [-0.3, -0.25) is 18.6 Å². The zero-order valence-electron chi connectivity index (χ0n) is 18.5. The molecule has 0 bridgehead atoms. The van der Waals surface area contributed by atoms with Gasteiger partial charge in [0.25, 0.3) is 5.56 Å². The number of amides is 1. The summed E-state index contributed by atoms with van der Waals surface area (Å²) in [6.07, 6.45) is 6.09. The van der Waals surface area contributed by atoms with Crippen LogP contribution in [0.3, 0.4) is 0 Å². The van der Waals surface area contributed by atoms with E-state index in [9.17, 15) is 9.59 Å². The summed E-state index contributed by atoms with van der Waals surface area (Å²) in [5, 5.41) is 12.9. The van der Waals surface area contributed by atoms with Crippen LogP contribution in [0.4, 0.5) is 0 Å². The Balaban J connectivity index is 1.46. The third-order valence-electron chi connectivity index (χ3n) is 5.90. The van der Waals surface area contributed by atoms with Crippen LogP contribution in [0, 0.1) is 0 Å². The summed E-state index contributed by atoms with van der Waals surface area (Å²) in [5.74, 6) is 0.713. The van der Waals surface area contributed by atoms with Crippen LogP contribution in [-0.4, -0.2) is 61.4 Å². The highest BCUT2D eigenvalue weighted by molar-refractivity contribution is 7.99. The van der Waals surface area contributed by atoms with Gasteiger partial charge in [-0.1, -0.05) is 43.3 Å². The summed E-state index contributed by atoms with van der Waals surface area (Å²) in [7, 11) is 0. The van der Waals surface area contributed by atoms with Crippen molar-refractivity contribution in [1.29, 1.82) is 0 Å². The van der Waals surface area contributed by atoms with Gasteiger partial charge in [-0.2, -0.15) is 0 Å². The fraction of sp³-hybridized carbons (Fsp3) is 0.478. The summed E-state index contributed by atoms with van der Waals surface area (Å²) in [4.78, 5) is 28.0. The average Bonchev–Trinajstić information content (AvgIpc) is 3.24. The maximum Gasteiger partial charge on any atom is 0.263 e. The monoisotopic (exact) mass is 454 g/mol. The Morgan fingerprint density at radius 1 is 1.28 bits per heavy atom. The molecule has 1 amide bonds. The standard InChI is InChI=1S/C23H30N6O2S/c1-3-5-13-27-14-10-17(11-15-27)24-20(30)16-32-23-26-25-22-28(12-4-2)21(31)18-8-6-7-9-19(18)29(22)23/h4,6-9,17H,2-3,5,10-16H2,1H3,(H,24,30). The summed E-state index contributed by atoms with van der Waals surface area (Å²) in [6, 6.07) is 7.63. The molecule has 1 aromatic carbocycles. The first-order chi connectivity index (χ1) is 15.6. The predicted octanol–water partition coefficient (Wildman–Crippen LogP) is 2.70. The van der Waals surface area contributed by atoms with E-state index in [1.807, 2.05) is 22.6 Å². The highest BCUT2D eigenvalue weighted by atomic mass is 32.2. The lowest BCUT2D eigenvalue weighted by Gasteiger charge is -2.32. The van der Waals surface area contributed by atoms with Crippen molar-refractivity contribution in [1.82, 2.24) is 29.4 Å². The van der Waals surface area contributed by atoms with Gasteiger partial charge in [0.15, 0.2) is 5.16 Å². The molecule has 32 heavy (non-hydrogen) atoms. The van der Waals surface area contributed by atoms with Gasteiger partial charge in [-0.25, -0.2) is 0 Å². The van der Waals surface area contributed by atoms with Crippen LogP contribution in [0.1, 0.15) is 32.6 Å². The molecule has 3 aromatic rings. The second-order valence-electron chi connectivity index (χ2n) is 8.17. The minimum absolute atomic E-state index is 0.00229. The number of allylic oxidation sites excluding steroid dienone is 1. The summed E-state index contributed by atoms with van der Waals surface area (Å²) >= 11 is 1.34. The van der Waals surface area contributed by atoms with Gasteiger partial charge >= 0.3 is 0 Å². The molecule has 8 nitrogen and oxygen atoms in total. The number of carbonyl (C=O) groups excluding carboxylic acids is 1. The third-order valence-corrected chi connectivity index (χ3v) is 6.83. The predicted molar refractivity (Wildman–Crippen MR) is 128 cm³/mol. The molecule has 0 saturated carbocycles. The smallest absolute Gasteiger partial charge is 0.263 e. The first-order valence-corrected chi connectivity index (χ1v) is 12.2. The first kappa shape index (κ1) is 22.5. The zero-order valence-corrected chi connectivity index (χ0v) is 19.3. The van der Waals surface area contributed by atoms with Crippen LogP contribution in [-0.2, 0) is 11.3 Å². The molecule has 0 atom stereocenters. The summed E-state index contributed by atoms with van der Waals surface area (Å²) in [6.45, 7) is 9.53. The fourth-order valence-corrected chi connectivity index (χ4v) is 4.95. The lowest BCUT2D eigenvalue weighted by Crippen LogP contribution is -2.45. The van der Waals surface area contributed by atoms with Crippen LogP contribution in [0.5, 0.6) is 0 Å². The van der Waals surface area contributed by atoms with Gasteiger partial charge in [0.05, 0.1) is 16.7 Å². The van der Waals surface area contributed by atoms with Crippen molar-refractivity contribution in [2.24, 2.45) is 0 Å². The Morgan fingerprint density at radius 3 is 2.81 bits per heavy atom. The number of nitrogens with one attached hydrogen (secondary N) is 1. The Hall–Kier alpha value is -2.65. The lowest BCUT2D eigenvalue weighted by atomic mass is 10.0. The molecule has 3 heterocycles. The van der Waals surface area contributed by atoms with Crippen molar-refractivity contribution in [3.63, 3.8) is 0 Å². The van der Waals surface area contributed by atoms with E-state index in [1.165, 1.54) is 24.6 Å². The van der Waals surface area contributed by atoms with Crippen molar-refractivity contribution in [2.75, 3.05) is 25.4 Å². The number of carbonyl (C=O) groups is 1. The maximum atomic E-state index is 12.9. The quantitative estimate of drug-likeness (QED) is 0.395. The number of aromatic nitrogens is 4. The molecular weight excluding hydrogens is 424 g/mol. The molecule has 1 aliphatic rings. The Kier molecular flexibility index (Phi) is 7.26. The normalized spacial score (nSPS) is 15.4. The summed E-state index contributed by atoms with van der Waals surface area (Å²) in [5.41, 5.74) is 0.611. The largest absolute Gasteiger partial charge is 0.353 e. The number of thioether (sulfide) groups is 1. The highest BCUT2D eigenvalue weighted by Gasteiger charge is 2.21. The third kappa shape index (κ3) is 4.73. The molecule has 1 N–H and O–H groups in total. The fourth-order valence-electron chi connectivity index (χ4n) is 4.20. The molecule has 0 aliphatic carbocycles. The number of nitrogens with zero attached hydrogens (tertiary/aromatic N) is 5. The Labute approximate surface area is 191 Å². The topological polar surface area (TPSA) is 84.5 Å². The number of unbranched alkanes of at least 4 members (excludes halogenated alkanes) is 1. The minimum atomic E-state index is -0.125. The van der Waals surface area contributed by atoms with Crippen LogP contribution in [0.25, 0.3) is 16.7 Å². The molecule has 0 unspecified atom stereocenters. The second kappa shape index (κ2) is 10.3. The van der Waals surface area contributed by atoms with Crippen LogP contribution < -0.4 is 10.9 Å². The molecule has 0 radical (unpaired) electrons. The molecule has 1 fully saturated rings. The van der Waals surface area contributed by atoms with Crippen molar-refractivity contribution >= 4 is 34.3 Å². The minimum Gasteiger partial charge on any atom is -0.353 e. The summed E-state index contributed by atoms with van der Waals surface area (Å²) < 4.78 is 3.41. The molecule has 170 valence electrons.